The third-order valence-electron chi connectivity index (χ3n) is 5.89. The summed E-state index contributed by atoms with van der Waals surface area (Å²) >= 11 is 0. The lowest BCUT2D eigenvalue weighted by Gasteiger charge is -2.27. The zero-order chi connectivity index (χ0) is 22.3. The summed E-state index contributed by atoms with van der Waals surface area (Å²) in [6, 6.07) is 15.8. The molecule has 0 fully saturated rings. The van der Waals surface area contributed by atoms with Crippen LogP contribution in [-0.2, 0) is 12.8 Å². The van der Waals surface area contributed by atoms with Crippen LogP contribution in [0.1, 0.15) is 79.8 Å². The van der Waals surface area contributed by atoms with Gasteiger partial charge in [-0.25, -0.2) is 0 Å². The van der Waals surface area contributed by atoms with Gasteiger partial charge in [0.05, 0.1) is 0 Å². The minimum Gasteiger partial charge on any atom is -0.294 e. The smallest absolute Gasteiger partial charge is 0.170 e. The number of hydrogen-bond donors (Lipinski definition) is 0. The summed E-state index contributed by atoms with van der Waals surface area (Å²) in [5.41, 5.74) is 4.99. The molecular weight excluding hydrogens is 368 g/mol. The second-order valence-corrected chi connectivity index (χ2v) is 8.77. The molecule has 0 saturated carbocycles. The number of carbonyl (C=O) groups excluding carboxylic acids is 2. The predicted octanol–water partition coefficient (Wildman–Crippen LogP) is 7.12. The Labute approximate surface area is 182 Å². The average molecular weight is 405 g/mol. The van der Waals surface area contributed by atoms with Crippen molar-refractivity contribution in [2.75, 3.05) is 0 Å². The first kappa shape index (κ1) is 23.8. The van der Waals surface area contributed by atoms with Gasteiger partial charge in [0.25, 0.3) is 0 Å². The maximum absolute atomic E-state index is 13.5. The molecule has 2 aromatic carbocycles. The maximum atomic E-state index is 13.5. The number of hydrogen-bond acceptors (Lipinski definition) is 2. The van der Waals surface area contributed by atoms with Crippen LogP contribution in [-0.4, -0.2) is 11.6 Å². The fourth-order valence-electron chi connectivity index (χ4n) is 3.89. The van der Waals surface area contributed by atoms with Gasteiger partial charge in [0.15, 0.2) is 11.6 Å². The Morgan fingerprint density at radius 2 is 1.27 bits per heavy atom. The third kappa shape index (κ3) is 6.26. The van der Waals surface area contributed by atoms with E-state index >= 15 is 0 Å². The van der Waals surface area contributed by atoms with Crippen LogP contribution in [0.3, 0.4) is 0 Å². The molecule has 2 heteroatoms. The fraction of sp³-hybridized carbons (Fsp3) is 0.429. The van der Waals surface area contributed by atoms with Crippen LogP contribution in [0.2, 0.25) is 0 Å². The molecule has 2 nitrogen and oxygen atoms in total. The van der Waals surface area contributed by atoms with Crippen molar-refractivity contribution in [3.63, 3.8) is 0 Å². The van der Waals surface area contributed by atoms with Gasteiger partial charge >= 0.3 is 0 Å². The molecule has 0 radical (unpaired) electrons. The molecule has 0 aliphatic carbocycles. The Balaban J connectivity index is 2.32. The van der Waals surface area contributed by atoms with Crippen LogP contribution in [0.25, 0.3) is 0 Å². The van der Waals surface area contributed by atoms with Gasteiger partial charge in [-0.05, 0) is 49.7 Å². The molecule has 0 heterocycles. The number of allylic oxidation sites excluding steroid dienone is 2. The largest absolute Gasteiger partial charge is 0.294 e. The zero-order valence-corrected chi connectivity index (χ0v) is 19.4. The molecule has 0 aliphatic rings. The van der Waals surface area contributed by atoms with E-state index < -0.39 is 0 Å². The van der Waals surface area contributed by atoms with Gasteiger partial charge in [-0.15, -0.1) is 0 Å². The van der Waals surface area contributed by atoms with Gasteiger partial charge in [-0.1, -0.05) is 87.9 Å². The second kappa shape index (κ2) is 11.1. The Morgan fingerprint density at radius 3 is 1.67 bits per heavy atom. The van der Waals surface area contributed by atoms with E-state index in [9.17, 15) is 9.59 Å². The quantitative estimate of drug-likeness (QED) is 0.312. The van der Waals surface area contributed by atoms with Crippen molar-refractivity contribution in [3.05, 3.63) is 82.4 Å². The molecule has 0 N–H and O–H groups in total. The maximum Gasteiger partial charge on any atom is 0.170 e. The van der Waals surface area contributed by atoms with Crippen molar-refractivity contribution in [1.29, 1.82) is 0 Å². The highest BCUT2D eigenvalue weighted by atomic mass is 16.1. The lowest BCUT2D eigenvalue weighted by Crippen LogP contribution is -2.29. The van der Waals surface area contributed by atoms with Gasteiger partial charge in [-0.2, -0.15) is 0 Å². The normalized spacial score (nSPS) is 13.0. The number of benzene rings is 2. The highest BCUT2D eigenvalue weighted by molar-refractivity contribution is 6.00. The number of Topliss-reactive ketones (excluding diaryl/α,β-unsaturated/α-hetero) is 2. The van der Waals surface area contributed by atoms with E-state index in [4.69, 9.17) is 0 Å². The topological polar surface area (TPSA) is 34.1 Å². The summed E-state index contributed by atoms with van der Waals surface area (Å²) in [6.45, 7) is 12.5. The first-order chi connectivity index (χ1) is 14.3. The predicted molar refractivity (Wildman–Crippen MR) is 126 cm³/mol. The van der Waals surface area contributed by atoms with E-state index in [-0.39, 0.29) is 29.3 Å². The van der Waals surface area contributed by atoms with E-state index in [1.54, 1.807) is 0 Å². The van der Waals surface area contributed by atoms with Crippen molar-refractivity contribution in [3.8, 4) is 0 Å². The summed E-state index contributed by atoms with van der Waals surface area (Å²) in [5, 5.41) is 0. The Morgan fingerprint density at radius 1 is 0.800 bits per heavy atom. The fourth-order valence-corrected chi connectivity index (χ4v) is 3.89. The molecule has 0 spiro atoms. The summed E-state index contributed by atoms with van der Waals surface area (Å²) in [4.78, 5) is 26.5. The Kier molecular flexibility index (Phi) is 8.77. The van der Waals surface area contributed by atoms with Gasteiger partial charge in [0.2, 0.25) is 0 Å². The molecule has 0 aromatic heterocycles. The van der Waals surface area contributed by atoms with Crippen LogP contribution in [0.4, 0.5) is 0 Å². The molecule has 0 unspecified atom stereocenters. The first-order valence-corrected chi connectivity index (χ1v) is 11.2. The van der Waals surface area contributed by atoms with E-state index in [2.05, 4.69) is 27.7 Å². The van der Waals surface area contributed by atoms with Crippen LogP contribution in [0, 0.1) is 17.8 Å². The number of aryl methyl sites for hydroxylation is 2. The van der Waals surface area contributed by atoms with Crippen molar-refractivity contribution >= 4 is 11.6 Å². The number of rotatable bonds is 10. The summed E-state index contributed by atoms with van der Waals surface area (Å²) < 4.78 is 0. The van der Waals surface area contributed by atoms with Gasteiger partial charge < -0.3 is 0 Å². The standard InChI is InChI=1S/C28H36O2/c1-7-21-9-13-23(14-10-21)27(29)18-25(20(5)6)26(17-19(3)4)28(30)24-15-11-22(8-2)12-16-24/h9-17,20,25-26H,7-8,18H2,1-6H3/t25-,26-/m0/s1. The van der Waals surface area contributed by atoms with Crippen molar-refractivity contribution < 1.29 is 9.59 Å². The molecule has 30 heavy (non-hydrogen) atoms. The van der Waals surface area contributed by atoms with Crippen LogP contribution < -0.4 is 0 Å². The minimum atomic E-state index is -0.304. The molecule has 0 amide bonds. The molecule has 160 valence electrons. The third-order valence-corrected chi connectivity index (χ3v) is 5.89. The molecule has 0 saturated heterocycles. The highest BCUT2D eigenvalue weighted by Gasteiger charge is 2.31. The van der Waals surface area contributed by atoms with Crippen molar-refractivity contribution in [2.45, 2.75) is 60.8 Å². The van der Waals surface area contributed by atoms with E-state index in [1.807, 2.05) is 68.5 Å². The monoisotopic (exact) mass is 404 g/mol. The summed E-state index contributed by atoms with van der Waals surface area (Å²) in [6.07, 6.45) is 4.33. The summed E-state index contributed by atoms with van der Waals surface area (Å²) in [7, 11) is 0. The Hall–Kier alpha value is -2.48. The molecular formula is C28H36O2. The molecule has 2 aromatic rings. The first-order valence-electron chi connectivity index (χ1n) is 11.2. The molecule has 2 rings (SSSR count). The van der Waals surface area contributed by atoms with E-state index in [1.165, 1.54) is 11.1 Å². The van der Waals surface area contributed by atoms with E-state index in [0.29, 0.717) is 6.42 Å². The van der Waals surface area contributed by atoms with Gasteiger partial charge in [0, 0.05) is 23.5 Å². The van der Waals surface area contributed by atoms with Crippen LogP contribution in [0.15, 0.2) is 60.2 Å². The molecule has 0 aliphatic heterocycles. The SMILES string of the molecule is CCc1ccc(C(=O)C[C@@H](C(C)C)[C@H](C=C(C)C)C(=O)c2ccc(CC)cc2)cc1. The molecule has 2 atom stereocenters. The molecule has 0 bridgehead atoms. The van der Waals surface area contributed by atoms with Crippen molar-refractivity contribution in [1.82, 2.24) is 0 Å². The minimum absolute atomic E-state index is 0.0448. The second-order valence-electron chi connectivity index (χ2n) is 8.77. The van der Waals surface area contributed by atoms with Crippen LogP contribution >= 0.6 is 0 Å². The van der Waals surface area contributed by atoms with E-state index in [0.717, 1.165) is 29.5 Å². The summed E-state index contributed by atoms with van der Waals surface area (Å²) in [5.74, 6) is 0.0746. The van der Waals surface area contributed by atoms with Crippen LogP contribution in [0.5, 0.6) is 0 Å². The van der Waals surface area contributed by atoms with Crippen molar-refractivity contribution in [2.24, 2.45) is 17.8 Å². The number of carbonyl (C=O) groups is 2. The average Bonchev–Trinajstić information content (AvgIpc) is 2.75. The lowest BCUT2D eigenvalue weighted by molar-refractivity contribution is 0.0839. The Bertz CT molecular complexity index is 866. The number of ketones is 2. The zero-order valence-electron chi connectivity index (χ0n) is 19.4. The lowest BCUT2D eigenvalue weighted by atomic mass is 9.75. The van der Waals surface area contributed by atoms with Gasteiger partial charge in [0.1, 0.15) is 0 Å². The highest BCUT2D eigenvalue weighted by Crippen LogP contribution is 2.31. The van der Waals surface area contributed by atoms with Gasteiger partial charge in [-0.3, -0.25) is 9.59 Å².